The molecular formula is C14H13BrCl2N2. The third kappa shape index (κ3) is 3.69. The quantitative estimate of drug-likeness (QED) is 0.843. The molecule has 2 nitrogen and oxygen atoms in total. The maximum Gasteiger partial charge on any atom is 0.0607 e. The highest BCUT2D eigenvalue weighted by Gasteiger charge is 2.17. The highest BCUT2D eigenvalue weighted by Crippen LogP contribution is 2.31. The molecule has 1 N–H and O–H groups in total. The molecule has 0 radical (unpaired) electrons. The Morgan fingerprint density at radius 3 is 2.74 bits per heavy atom. The summed E-state index contributed by atoms with van der Waals surface area (Å²) in [4.78, 5) is 4.20. The molecule has 1 heterocycles. The number of nitrogens with one attached hydrogen (secondary N) is 1. The number of aromatic nitrogens is 1. The average molecular weight is 360 g/mol. The van der Waals surface area contributed by atoms with E-state index in [1.807, 2.05) is 24.4 Å². The lowest BCUT2D eigenvalue weighted by molar-refractivity contribution is 0.628. The first-order valence-corrected chi connectivity index (χ1v) is 7.45. The molecule has 0 fully saturated rings. The number of rotatable bonds is 4. The summed E-state index contributed by atoms with van der Waals surface area (Å²) < 4.78 is 0.936. The zero-order valence-corrected chi connectivity index (χ0v) is 13.4. The minimum atomic E-state index is -0.0267. The van der Waals surface area contributed by atoms with Gasteiger partial charge >= 0.3 is 0 Å². The summed E-state index contributed by atoms with van der Waals surface area (Å²) in [6.07, 6.45) is 3.58. The lowest BCUT2D eigenvalue weighted by atomic mass is 10.00. The Morgan fingerprint density at radius 2 is 2.05 bits per heavy atom. The maximum atomic E-state index is 6.29. The molecule has 0 bridgehead atoms. The summed E-state index contributed by atoms with van der Waals surface area (Å²) in [5.74, 6) is 0. The second kappa shape index (κ2) is 6.71. The molecule has 0 aliphatic rings. The minimum absolute atomic E-state index is 0.0267. The Kier molecular flexibility index (Phi) is 5.22. The largest absolute Gasteiger partial charge is 0.306 e. The van der Waals surface area contributed by atoms with Crippen LogP contribution in [0.5, 0.6) is 0 Å². The van der Waals surface area contributed by atoms with E-state index in [1.165, 1.54) is 0 Å². The van der Waals surface area contributed by atoms with E-state index in [4.69, 9.17) is 23.2 Å². The summed E-state index contributed by atoms with van der Waals surface area (Å²) in [6.45, 7) is 2.87. The monoisotopic (exact) mass is 358 g/mol. The average Bonchev–Trinajstić information content (AvgIpc) is 2.39. The Morgan fingerprint density at radius 1 is 1.26 bits per heavy atom. The van der Waals surface area contributed by atoms with Crippen molar-refractivity contribution in [1.29, 1.82) is 0 Å². The number of nitrogens with zero attached hydrogens (tertiary/aromatic N) is 1. The standard InChI is InChI=1S/C14H13BrCl2N2/c1-2-19-14(9-5-10(15)8-18-7-9)12-6-11(16)3-4-13(12)17/h3-8,14,19H,2H2,1H3. The summed E-state index contributed by atoms with van der Waals surface area (Å²) >= 11 is 15.8. The summed E-state index contributed by atoms with van der Waals surface area (Å²) in [5, 5.41) is 4.77. The van der Waals surface area contributed by atoms with Gasteiger partial charge < -0.3 is 5.32 Å². The molecule has 0 spiro atoms. The third-order valence-corrected chi connectivity index (χ3v) is 3.75. The van der Waals surface area contributed by atoms with Crippen LogP contribution in [0.4, 0.5) is 0 Å². The van der Waals surface area contributed by atoms with Crippen molar-refractivity contribution in [3.05, 3.63) is 62.3 Å². The van der Waals surface area contributed by atoms with Gasteiger partial charge in [-0.25, -0.2) is 0 Å². The molecule has 0 amide bonds. The Bertz CT molecular complexity index is 575. The maximum absolute atomic E-state index is 6.29. The fourth-order valence-corrected chi connectivity index (χ4v) is 2.72. The van der Waals surface area contributed by atoms with E-state index >= 15 is 0 Å². The first-order valence-electron chi connectivity index (χ1n) is 5.90. The van der Waals surface area contributed by atoms with E-state index in [9.17, 15) is 0 Å². The number of hydrogen-bond donors (Lipinski definition) is 1. The highest BCUT2D eigenvalue weighted by molar-refractivity contribution is 9.10. The topological polar surface area (TPSA) is 24.9 Å². The zero-order chi connectivity index (χ0) is 13.8. The number of hydrogen-bond acceptors (Lipinski definition) is 2. The zero-order valence-electron chi connectivity index (χ0n) is 10.3. The van der Waals surface area contributed by atoms with Crippen LogP contribution < -0.4 is 5.32 Å². The molecule has 1 aromatic heterocycles. The second-order valence-corrected chi connectivity index (χ2v) is 5.85. The molecule has 2 aromatic rings. The normalized spacial score (nSPS) is 12.4. The fourth-order valence-electron chi connectivity index (χ4n) is 1.93. The van der Waals surface area contributed by atoms with Crippen molar-refractivity contribution in [3.8, 4) is 0 Å². The van der Waals surface area contributed by atoms with Crippen molar-refractivity contribution in [1.82, 2.24) is 10.3 Å². The third-order valence-electron chi connectivity index (χ3n) is 2.74. The Labute approximate surface area is 131 Å². The minimum Gasteiger partial charge on any atom is -0.306 e. The highest BCUT2D eigenvalue weighted by atomic mass is 79.9. The molecule has 0 saturated heterocycles. The lowest BCUT2D eigenvalue weighted by Crippen LogP contribution is -2.22. The lowest BCUT2D eigenvalue weighted by Gasteiger charge is -2.20. The van der Waals surface area contributed by atoms with Crippen molar-refractivity contribution < 1.29 is 0 Å². The van der Waals surface area contributed by atoms with E-state index in [0.29, 0.717) is 10.0 Å². The van der Waals surface area contributed by atoms with Gasteiger partial charge in [0.15, 0.2) is 0 Å². The van der Waals surface area contributed by atoms with Gasteiger partial charge in [-0.3, -0.25) is 4.98 Å². The second-order valence-electron chi connectivity index (χ2n) is 4.09. The van der Waals surface area contributed by atoms with Crippen molar-refractivity contribution >= 4 is 39.1 Å². The van der Waals surface area contributed by atoms with Crippen molar-refractivity contribution in [2.24, 2.45) is 0 Å². The van der Waals surface area contributed by atoms with Gasteiger partial charge in [0.05, 0.1) is 6.04 Å². The van der Waals surface area contributed by atoms with Crippen LogP contribution >= 0.6 is 39.1 Å². The Hall–Kier alpha value is -0.610. The first kappa shape index (κ1) is 14.8. The van der Waals surface area contributed by atoms with Gasteiger partial charge in [-0.05, 0) is 57.9 Å². The van der Waals surface area contributed by atoms with Crippen molar-refractivity contribution in [2.45, 2.75) is 13.0 Å². The van der Waals surface area contributed by atoms with Crippen LogP contribution in [0.1, 0.15) is 24.1 Å². The fraction of sp³-hybridized carbons (Fsp3) is 0.214. The van der Waals surface area contributed by atoms with Crippen molar-refractivity contribution in [2.75, 3.05) is 6.54 Å². The van der Waals surface area contributed by atoms with Crippen LogP contribution in [0.25, 0.3) is 0 Å². The van der Waals surface area contributed by atoms with Gasteiger partial charge in [0.2, 0.25) is 0 Å². The molecular weight excluding hydrogens is 347 g/mol. The van der Waals surface area contributed by atoms with Gasteiger partial charge in [-0.15, -0.1) is 0 Å². The molecule has 0 aliphatic carbocycles. The molecule has 1 aromatic carbocycles. The molecule has 5 heteroatoms. The van der Waals surface area contributed by atoms with Crippen LogP contribution in [0.3, 0.4) is 0 Å². The summed E-state index contributed by atoms with van der Waals surface area (Å²) in [5.41, 5.74) is 2.00. The predicted molar refractivity (Wildman–Crippen MR) is 83.9 cm³/mol. The molecule has 1 unspecified atom stereocenters. The van der Waals surface area contributed by atoms with Crippen LogP contribution in [0.2, 0.25) is 10.0 Å². The van der Waals surface area contributed by atoms with Crippen LogP contribution in [0, 0.1) is 0 Å². The molecule has 0 saturated carbocycles. The predicted octanol–water partition coefficient (Wildman–Crippen LogP) is 4.85. The van der Waals surface area contributed by atoms with E-state index in [-0.39, 0.29) is 6.04 Å². The molecule has 2 rings (SSSR count). The number of halogens is 3. The smallest absolute Gasteiger partial charge is 0.0607 e. The van der Waals surface area contributed by atoms with E-state index in [1.54, 1.807) is 12.3 Å². The van der Waals surface area contributed by atoms with Crippen molar-refractivity contribution in [3.63, 3.8) is 0 Å². The number of benzene rings is 1. The van der Waals surface area contributed by atoms with Crippen LogP contribution in [-0.2, 0) is 0 Å². The van der Waals surface area contributed by atoms with Crippen LogP contribution in [0.15, 0.2) is 41.1 Å². The van der Waals surface area contributed by atoms with E-state index in [0.717, 1.165) is 22.1 Å². The summed E-state index contributed by atoms with van der Waals surface area (Å²) in [6, 6.07) is 7.49. The van der Waals surface area contributed by atoms with E-state index < -0.39 is 0 Å². The first-order chi connectivity index (χ1) is 9.11. The molecule has 0 aliphatic heterocycles. The molecule has 1 atom stereocenters. The Balaban J connectivity index is 2.48. The molecule has 19 heavy (non-hydrogen) atoms. The molecule has 100 valence electrons. The van der Waals surface area contributed by atoms with Gasteiger partial charge in [0.1, 0.15) is 0 Å². The summed E-state index contributed by atoms with van der Waals surface area (Å²) in [7, 11) is 0. The van der Waals surface area contributed by atoms with Gasteiger partial charge in [-0.1, -0.05) is 30.1 Å². The van der Waals surface area contributed by atoms with Gasteiger partial charge in [0, 0.05) is 26.9 Å². The number of pyridine rings is 1. The van der Waals surface area contributed by atoms with Crippen LogP contribution in [-0.4, -0.2) is 11.5 Å². The SMILES string of the molecule is CCNC(c1cncc(Br)c1)c1cc(Cl)ccc1Cl. The van der Waals surface area contributed by atoms with Gasteiger partial charge in [0.25, 0.3) is 0 Å². The van der Waals surface area contributed by atoms with E-state index in [2.05, 4.69) is 33.2 Å². The van der Waals surface area contributed by atoms with Gasteiger partial charge in [-0.2, -0.15) is 0 Å².